The van der Waals surface area contributed by atoms with Crippen LogP contribution in [-0.2, 0) is 11.2 Å². The summed E-state index contributed by atoms with van der Waals surface area (Å²) >= 11 is 0. The van der Waals surface area contributed by atoms with Crippen LogP contribution in [0.5, 0.6) is 0 Å². The smallest absolute Gasteiger partial charge is 0.251 e. The molecule has 0 fully saturated rings. The zero-order valence-corrected chi connectivity index (χ0v) is 21.5. The summed E-state index contributed by atoms with van der Waals surface area (Å²) in [6.07, 6.45) is -0.914. The molecule has 0 aliphatic carbocycles. The van der Waals surface area contributed by atoms with Crippen LogP contribution in [0.4, 0.5) is 13.2 Å². The van der Waals surface area contributed by atoms with E-state index in [1.165, 1.54) is 11.8 Å². The van der Waals surface area contributed by atoms with E-state index in [-0.39, 0.29) is 30.8 Å². The van der Waals surface area contributed by atoms with Gasteiger partial charge in [-0.2, -0.15) is 0 Å². The molecular formula is C28H34F3N3O3. The van der Waals surface area contributed by atoms with Crippen molar-refractivity contribution in [3.05, 3.63) is 77.2 Å². The molecule has 0 spiro atoms. The van der Waals surface area contributed by atoms with Crippen LogP contribution in [0.3, 0.4) is 0 Å². The van der Waals surface area contributed by atoms with E-state index < -0.39 is 47.8 Å². The maximum absolute atomic E-state index is 14.7. The first-order chi connectivity index (χ1) is 17.4. The number of carbonyl (C=O) groups excluding carboxylic acids is 1. The van der Waals surface area contributed by atoms with Gasteiger partial charge in [-0.05, 0) is 42.5 Å². The first-order valence-electron chi connectivity index (χ1n) is 12.2. The Kier molecular flexibility index (Phi) is 9.15. The third kappa shape index (κ3) is 6.99. The van der Waals surface area contributed by atoms with Gasteiger partial charge in [0, 0.05) is 19.0 Å². The van der Waals surface area contributed by atoms with Crippen LogP contribution >= 0.6 is 0 Å². The van der Waals surface area contributed by atoms with Gasteiger partial charge in [-0.15, -0.1) is 0 Å². The number of aromatic nitrogens is 1. The SMILES string of the molecule is CC(O)C(=O)N(CCC(N)CF)[C@H](c1nc(-c2cc(F)ccc2F)oc1Cc1ccccc1)C(C)(C)C. The lowest BCUT2D eigenvalue weighted by molar-refractivity contribution is -0.144. The Morgan fingerprint density at radius 3 is 2.43 bits per heavy atom. The lowest BCUT2D eigenvalue weighted by Gasteiger charge is -2.40. The van der Waals surface area contributed by atoms with Crippen molar-refractivity contribution in [3.8, 4) is 11.5 Å². The lowest BCUT2D eigenvalue weighted by Crippen LogP contribution is -2.47. The number of nitrogens with zero attached hydrogens (tertiary/aromatic N) is 2. The molecular weight excluding hydrogens is 483 g/mol. The van der Waals surface area contributed by atoms with Crippen LogP contribution in [0.1, 0.15) is 57.2 Å². The summed E-state index contributed by atoms with van der Waals surface area (Å²) in [7, 11) is 0. The molecule has 0 saturated heterocycles. The second-order valence-corrected chi connectivity index (χ2v) is 10.3. The Morgan fingerprint density at radius 2 is 1.84 bits per heavy atom. The quantitative estimate of drug-likeness (QED) is 0.386. The molecule has 3 aromatic rings. The highest BCUT2D eigenvalue weighted by molar-refractivity contribution is 5.80. The van der Waals surface area contributed by atoms with E-state index in [0.717, 1.165) is 23.8 Å². The summed E-state index contributed by atoms with van der Waals surface area (Å²) in [4.78, 5) is 19.3. The second-order valence-electron chi connectivity index (χ2n) is 10.3. The number of rotatable bonds is 10. The lowest BCUT2D eigenvalue weighted by atomic mass is 9.82. The number of amides is 1. The average molecular weight is 518 g/mol. The van der Waals surface area contributed by atoms with Gasteiger partial charge < -0.3 is 20.2 Å². The Balaban J connectivity index is 2.21. The molecule has 0 radical (unpaired) electrons. The van der Waals surface area contributed by atoms with Crippen LogP contribution in [0.25, 0.3) is 11.5 Å². The van der Waals surface area contributed by atoms with E-state index in [4.69, 9.17) is 10.2 Å². The van der Waals surface area contributed by atoms with Gasteiger partial charge in [-0.3, -0.25) is 4.79 Å². The topological polar surface area (TPSA) is 92.6 Å². The fraction of sp³-hybridized carbons (Fsp3) is 0.429. The summed E-state index contributed by atoms with van der Waals surface area (Å²) in [5.41, 5.74) is 6.23. The monoisotopic (exact) mass is 517 g/mol. The summed E-state index contributed by atoms with van der Waals surface area (Å²) in [5.74, 6) is -1.71. The Bertz CT molecular complexity index is 1190. The van der Waals surface area contributed by atoms with Gasteiger partial charge in [0.25, 0.3) is 5.91 Å². The highest BCUT2D eigenvalue weighted by Crippen LogP contribution is 2.42. The Hall–Kier alpha value is -3.17. The van der Waals surface area contributed by atoms with E-state index in [9.17, 15) is 23.1 Å². The van der Waals surface area contributed by atoms with Crippen molar-refractivity contribution in [2.75, 3.05) is 13.2 Å². The first kappa shape index (κ1) is 28.4. The van der Waals surface area contributed by atoms with Gasteiger partial charge in [0.2, 0.25) is 5.89 Å². The molecule has 3 N–H and O–H groups in total. The molecule has 200 valence electrons. The largest absolute Gasteiger partial charge is 0.440 e. The zero-order chi connectivity index (χ0) is 27.3. The van der Waals surface area contributed by atoms with Crippen LogP contribution in [0, 0.1) is 17.0 Å². The van der Waals surface area contributed by atoms with Crippen molar-refractivity contribution < 1.29 is 27.5 Å². The number of nitrogens with two attached hydrogens (primary N) is 1. The van der Waals surface area contributed by atoms with Crippen molar-refractivity contribution in [1.29, 1.82) is 0 Å². The maximum atomic E-state index is 14.7. The molecule has 1 heterocycles. The summed E-state index contributed by atoms with van der Waals surface area (Å²) in [5, 5.41) is 10.2. The highest BCUT2D eigenvalue weighted by atomic mass is 19.1. The van der Waals surface area contributed by atoms with Gasteiger partial charge in [0.1, 0.15) is 35.9 Å². The summed E-state index contributed by atoms with van der Waals surface area (Å²) in [6.45, 7) is 6.31. The predicted molar refractivity (Wildman–Crippen MR) is 135 cm³/mol. The third-order valence-electron chi connectivity index (χ3n) is 6.06. The fourth-order valence-corrected chi connectivity index (χ4v) is 4.28. The molecule has 37 heavy (non-hydrogen) atoms. The van der Waals surface area contributed by atoms with Crippen LogP contribution in [0.15, 0.2) is 52.9 Å². The first-order valence-corrected chi connectivity index (χ1v) is 12.2. The number of hydrogen-bond acceptors (Lipinski definition) is 5. The number of benzene rings is 2. The minimum atomic E-state index is -1.34. The molecule has 3 rings (SSSR count). The molecule has 9 heteroatoms. The molecule has 0 saturated carbocycles. The maximum Gasteiger partial charge on any atom is 0.251 e. The standard InChI is InChI=1S/C28H34F3N3O3/c1-17(35)27(36)34(13-12-20(32)16-29)25(28(2,3)4)24-23(14-18-8-6-5-7-9-18)37-26(33-24)21-15-19(30)10-11-22(21)31/h5-11,15,17,20,25,35H,12-14,16,32H2,1-4H3/t17?,20?,25-/m1/s1. The summed E-state index contributed by atoms with van der Waals surface area (Å²) < 4.78 is 47.9. The summed E-state index contributed by atoms with van der Waals surface area (Å²) in [6, 6.07) is 10.8. The highest BCUT2D eigenvalue weighted by Gasteiger charge is 2.40. The number of hydrogen-bond donors (Lipinski definition) is 2. The van der Waals surface area contributed by atoms with Gasteiger partial charge in [-0.25, -0.2) is 18.2 Å². The number of alkyl halides is 1. The van der Waals surface area contributed by atoms with Crippen molar-refractivity contribution in [2.24, 2.45) is 11.1 Å². The van der Waals surface area contributed by atoms with Crippen molar-refractivity contribution in [2.45, 2.75) is 58.7 Å². The van der Waals surface area contributed by atoms with Crippen molar-refractivity contribution in [1.82, 2.24) is 9.88 Å². The third-order valence-corrected chi connectivity index (χ3v) is 6.06. The van der Waals surface area contributed by atoms with E-state index in [1.54, 1.807) is 0 Å². The minimum absolute atomic E-state index is 0.0536. The molecule has 0 aliphatic heterocycles. The van der Waals surface area contributed by atoms with Crippen molar-refractivity contribution in [3.63, 3.8) is 0 Å². The second kappa shape index (κ2) is 11.9. The zero-order valence-electron chi connectivity index (χ0n) is 21.5. The fourth-order valence-electron chi connectivity index (χ4n) is 4.28. The van der Waals surface area contributed by atoms with E-state index >= 15 is 0 Å². The molecule has 1 aromatic heterocycles. The molecule has 2 unspecified atom stereocenters. The molecule has 6 nitrogen and oxygen atoms in total. The number of oxazole rings is 1. The molecule has 3 atom stereocenters. The number of aliphatic hydroxyl groups is 1. The van der Waals surface area contributed by atoms with Gasteiger partial charge >= 0.3 is 0 Å². The van der Waals surface area contributed by atoms with Gasteiger partial charge in [-0.1, -0.05) is 51.1 Å². The number of aliphatic hydroxyl groups excluding tert-OH is 1. The van der Waals surface area contributed by atoms with E-state index in [1.807, 2.05) is 51.1 Å². The predicted octanol–water partition coefficient (Wildman–Crippen LogP) is 5.19. The number of carbonyl (C=O) groups is 1. The van der Waals surface area contributed by atoms with Crippen LogP contribution in [0.2, 0.25) is 0 Å². The molecule has 2 aromatic carbocycles. The van der Waals surface area contributed by atoms with Gasteiger partial charge in [0.15, 0.2) is 0 Å². The van der Waals surface area contributed by atoms with Crippen LogP contribution < -0.4 is 5.73 Å². The number of halogens is 3. The molecule has 0 bridgehead atoms. The molecule has 0 aliphatic rings. The molecule has 1 amide bonds. The Labute approximate surface area is 215 Å². The van der Waals surface area contributed by atoms with Gasteiger partial charge in [0.05, 0.1) is 11.6 Å². The Morgan fingerprint density at radius 1 is 1.16 bits per heavy atom. The van der Waals surface area contributed by atoms with Crippen molar-refractivity contribution >= 4 is 5.91 Å². The normalized spacial score (nSPS) is 14.3. The van der Waals surface area contributed by atoms with Crippen LogP contribution in [-0.4, -0.2) is 46.3 Å². The van der Waals surface area contributed by atoms with E-state index in [0.29, 0.717) is 11.5 Å². The minimum Gasteiger partial charge on any atom is -0.440 e. The average Bonchev–Trinajstić information content (AvgIpc) is 3.24. The van der Waals surface area contributed by atoms with E-state index in [2.05, 4.69) is 4.98 Å².